The first kappa shape index (κ1) is 9.08. The van der Waals surface area contributed by atoms with Crippen LogP contribution in [0.5, 0.6) is 0 Å². The minimum Gasteiger partial charge on any atom is -0.220 e. The second-order valence-corrected chi connectivity index (χ2v) is 2.95. The lowest BCUT2D eigenvalue weighted by atomic mass is 10.5. The van der Waals surface area contributed by atoms with E-state index in [0.717, 1.165) is 12.2 Å². The molecule has 0 saturated heterocycles. The molecule has 0 aliphatic heterocycles. The molecule has 14 heavy (non-hydrogen) atoms. The molecule has 0 bridgehead atoms. The van der Waals surface area contributed by atoms with Gasteiger partial charge in [0, 0.05) is 18.8 Å². The molecule has 0 fully saturated rings. The van der Waals surface area contributed by atoms with Gasteiger partial charge in [-0.05, 0) is 17.7 Å². The van der Waals surface area contributed by atoms with Crippen molar-refractivity contribution in [3.8, 4) is 5.95 Å². The maximum absolute atomic E-state index is 5.70. The number of rotatable bonds is 2. The van der Waals surface area contributed by atoms with E-state index in [1.54, 1.807) is 23.1 Å². The van der Waals surface area contributed by atoms with Crippen LogP contribution in [0.4, 0.5) is 0 Å². The standard InChI is InChI=1S/C8H8ClN5/c1-2-6-12-7(9)13-14(6)8-10-4-3-5-11-8/h3-5H,2H2,1H3. The Labute approximate surface area is 85.8 Å². The predicted molar refractivity (Wildman–Crippen MR) is 51.3 cm³/mol. The molecule has 0 atom stereocenters. The summed E-state index contributed by atoms with van der Waals surface area (Å²) in [6, 6.07) is 1.74. The summed E-state index contributed by atoms with van der Waals surface area (Å²) < 4.78 is 1.54. The Morgan fingerprint density at radius 2 is 2.07 bits per heavy atom. The lowest BCUT2D eigenvalue weighted by Crippen LogP contribution is -2.05. The largest absolute Gasteiger partial charge is 0.252 e. The summed E-state index contributed by atoms with van der Waals surface area (Å²) in [5.74, 6) is 1.24. The van der Waals surface area contributed by atoms with Gasteiger partial charge in [-0.2, -0.15) is 4.68 Å². The predicted octanol–water partition coefficient (Wildman–Crippen LogP) is 1.27. The van der Waals surface area contributed by atoms with Crippen LogP contribution >= 0.6 is 11.6 Å². The SMILES string of the molecule is CCc1nc(Cl)nn1-c1ncccn1. The zero-order chi connectivity index (χ0) is 9.97. The Hall–Kier alpha value is -1.49. The van der Waals surface area contributed by atoms with Crippen LogP contribution in [0.1, 0.15) is 12.7 Å². The van der Waals surface area contributed by atoms with Crippen LogP contribution in [-0.2, 0) is 6.42 Å². The smallest absolute Gasteiger partial charge is 0.220 e. The normalized spacial score (nSPS) is 10.4. The van der Waals surface area contributed by atoms with Crippen LogP contribution in [0.3, 0.4) is 0 Å². The van der Waals surface area contributed by atoms with Crippen LogP contribution in [0, 0.1) is 0 Å². The van der Waals surface area contributed by atoms with Crippen molar-refractivity contribution in [2.75, 3.05) is 0 Å². The van der Waals surface area contributed by atoms with Crippen LogP contribution in [0.2, 0.25) is 5.28 Å². The maximum atomic E-state index is 5.70. The molecule has 0 N–H and O–H groups in total. The Morgan fingerprint density at radius 3 is 2.71 bits per heavy atom. The molecule has 0 aliphatic rings. The highest BCUT2D eigenvalue weighted by molar-refractivity contribution is 6.28. The Kier molecular flexibility index (Phi) is 2.41. The molecule has 0 saturated carbocycles. The topological polar surface area (TPSA) is 56.5 Å². The average molecular weight is 210 g/mol. The van der Waals surface area contributed by atoms with Gasteiger partial charge >= 0.3 is 0 Å². The van der Waals surface area contributed by atoms with Crippen molar-refractivity contribution in [2.45, 2.75) is 13.3 Å². The second-order valence-electron chi connectivity index (χ2n) is 2.61. The van der Waals surface area contributed by atoms with Crippen molar-refractivity contribution in [3.63, 3.8) is 0 Å². The van der Waals surface area contributed by atoms with Gasteiger partial charge in [-0.1, -0.05) is 6.92 Å². The van der Waals surface area contributed by atoms with E-state index < -0.39 is 0 Å². The van der Waals surface area contributed by atoms with Gasteiger partial charge in [0.2, 0.25) is 5.28 Å². The van der Waals surface area contributed by atoms with E-state index in [1.807, 2.05) is 6.92 Å². The van der Waals surface area contributed by atoms with E-state index in [9.17, 15) is 0 Å². The summed E-state index contributed by atoms with van der Waals surface area (Å²) in [6.07, 6.45) is 4.03. The molecule has 2 aromatic rings. The lowest BCUT2D eigenvalue weighted by Gasteiger charge is -1.99. The molecule has 0 spiro atoms. The number of halogens is 1. The van der Waals surface area contributed by atoms with Crippen LogP contribution in [0.15, 0.2) is 18.5 Å². The number of aromatic nitrogens is 5. The third-order valence-electron chi connectivity index (χ3n) is 1.71. The van der Waals surface area contributed by atoms with Crippen LogP contribution in [0.25, 0.3) is 5.95 Å². The minimum absolute atomic E-state index is 0.217. The van der Waals surface area contributed by atoms with Gasteiger partial charge in [0.25, 0.3) is 5.95 Å². The first-order chi connectivity index (χ1) is 6.81. The molecule has 6 heteroatoms. The highest BCUT2D eigenvalue weighted by Crippen LogP contribution is 2.08. The molecule has 5 nitrogen and oxygen atoms in total. The summed E-state index contributed by atoms with van der Waals surface area (Å²) in [5, 5.41) is 4.21. The second kappa shape index (κ2) is 3.71. The van der Waals surface area contributed by atoms with E-state index in [0.29, 0.717) is 5.95 Å². The molecule has 72 valence electrons. The van der Waals surface area contributed by atoms with Gasteiger partial charge in [0.15, 0.2) is 0 Å². The molecule has 2 rings (SSSR count). The van der Waals surface area contributed by atoms with E-state index in [4.69, 9.17) is 11.6 Å². The fourth-order valence-corrected chi connectivity index (χ4v) is 1.28. The molecule has 2 aromatic heterocycles. The fraction of sp³-hybridized carbons (Fsp3) is 0.250. The third kappa shape index (κ3) is 1.58. The summed E-state index contributed by atoms with van der Waals surface area (Å²) in [7, 11) is 0. The Morgan fingerprint density at radius 1 is 1.36 bits per heavy atom. The van der Waals surface area contributed by atoms with E-state index in [-0.39, 0.29) is 5.28 Å². The first-order valence-electron chi connectivity index (χ1n) is 4.20. The molecular weight excluding hydrogens is 202 g/mol. The van der Waals surface area contributed by atoms with Gasteiger partial charge < -0.3 is 0 Å². The molecule has 0 aliphatic carbocycles. The number of hydrogen-bond donors (Lipinski definition) is 0. The highest BCUT2D eigenvalue weighted by Gasteiger charge is 2.09. The summed E-state index contributed by atoms with van der Waals surface area (Å²) in [6.45, 7) is 1.97. The van der Waals surface area contributed by atoms with Gasteiger partial charge in [0.05, 0.1) is 0 Å². The van der Waals surface area contributed by atoms with Crippen molar-refractivity contribution in [1.82, 2.24) is 24.7 Å². The Bertz CT molecular complexity index is 425. The van der Waals surface area contributed by atoms with Crippen LogP contribution in [-0.4, -0.2) is 24.7 Å². The van der Waals surface area contributed by atoms with Crippen molar-refractivity contribution in [2.24, 2.45) is 0 Å². The Balaban J connectivity index is 2.51. The summed E-state index contributed by atoms with van der Waals surface area (Å²) in [5.41, 5.74) is 0. The van der Waals surface area contributed by atoms with Crippen molar-refractivity contribution < 1.29 is 0 Å². The molecular formula is C8H8ClN5. The number of nitrogens with zero attached hydrogens (tertiary/aromatic N) is 5. The zero-order valence-corrected chi connectivity index (χ0v) is 8.31. The van der Waals surface area contributed by atoms with Gasteiger partial charge in [-0.3, -0.25) is 0 Å². The first-order valence-corrected chi connectivity index (χ1v) is 4.58. The monoisotopic (exact) mass is 209 g/mol. The zero-order valence-electron chi connectivity index (χ0n) is 7.55. The highest BCUT2D eigenvalue weighted by atomic mass is 35.5. The third-order valence-corrected chi connectivity index (χ3v) is 1.87. The van der Waals surface area contributed by atoms with Gasteiger partial charge in [0.1, 0.15) is 5.82 Å². The van der Waals surface area contributed by atoms with Crippen molar-refractivity contribution in [3.05, 3.63) is 29.6 Å². The average Bonchev–Trinajstić information content (AvgIpc) is 2.61. The molecule has 0 unspecified atom stereocenters. The van der Waals surface area contributed by atoms with Gasteiger partial charge in [-0.15, -0.1) is 5.10 Å². The summed E-state index contributed by atoms with van der Waals surface area (Å²) >= 11 is 5.70. The molecule has 0 radical (unpaired) electrons. The maximum Gasteiger partial charge on any atom is 0.252 e. The van der Waals surface area contributed by atoms with E-state index in [2.05, 4.69) is 20.1 Å². The number of aryl methyl sites for hydroxylation is 1. The lowest BCUT2D eigenvalue weighted by molar-refractivity contribution is 0.751. The fourth-order valence-electron chi connectivity index (χ4n) is 1.11. The number of hydrogen-bond acceptors (Lipinski definition) is 4. The van der Waals surface area contributed by atoms with Crippen molar-refractivity contribution in [1.29, 1.82) is 0 Å². The molecule has 0 aromatic carbocycles. The van der Waals surface area contributed by atoms with E-state index >= 15 is 0 Å². The molecule has 2 heterocycles. The summed E-state index contributed by atoms with van der Waals surface area (Å²) in [4.78, 5) is 12.2. The van der Waals surface area contributed by atoms with Crippen molar-refractivity contribution >= 4 is 11.6 Å². The quantitative estimate of drug-likeness (QED) is 0.748. The molecule has 0 amide bonds. The minimum atomic E-state index is 0.217. The van der Waals surface area contributed by atoms with Gasteiger partial charge in [-0.25, -0.2) is 15.0 Å². The van der Waals surface area contributed by atoms with Crippen LogP contribution < -0.4 is 0 Å². The van der Waals surface area contributed by atoms with E-state index in [1.165, 1.54) is 0 Å².